The summed E-state index contributed by atoms with van der Waals surface area (Å²) in [4.78, 5) is 17.7. The summed E-state index contributed by atoms with van der Waals surface area (Å²) in [6, 6.07) is 5.58. The Morgan fingerprint density at radius 2 is 2.11 bits per heavy atom. The molecule has 2 heterocycles. The second kappa shape index (κ2) is 4.48. The van der Waals surface area contributed by atoms with E-state index in [4.69, 9.17) is 10.5 Å². The van der Waals surface area contributed by atoms with Crippen LogP contribution in [0.1, 0.15) is 32.4 Å². The summed E-state index contributed by atoms with van der Waals surface area (Å²) < 4.78 is 5.29. The molecule has 0 aliphatic carbocycles. The Bertz CT molecular complexity index is 448. The molecule has 1 fully saturated rings. The van der Waals surface area contributed by atoms with Gasteiger partial charge in [-0.05, 0) is 32.9 Å². The van der Waals surface area contributed by atoms with E-state index in [1.54, 1.807) is 11.0 Å². The Hall–Kier alpha value is -1.78. The molecule has 0 spiro atoms. The minimum Gasteiger partial charge on any atom is -0.444 e. The molecule has 0 aromatic carbocycles. The fourth-order valence-corrected chi connectivity index (χ4v) is 1.84. The Morgan fingerprint density at radius 3 is 2.67 bits per heavy atom. The molecule has 98 valence electrons. The SMILES string of the molecule is CC(C)(C)OC(=O)N1CC(c2cccc(N)n2)C1. The van der Waals surface area contributed by atoms with Gasteiger partial charge in [-0.3, -0.25) is 0 Å². The van der Waals surface area contributed by atoms with Crippen molar-refractivity contribution in [3.63, 3.8) is 0 Å². The minimum absolute atomic E-state index is 0.261. The Labute approximate surface area is 107 Å². The molecule has 0 bridgehead atoms. The summed E-state index contributed by atoms with van der Waals surface area (Å²) in [5.41, 5.74) is 6.13. The van der Waals surface area contributed by atoms with Crippen molar-refractivity contribution in [2.45, 2.75) is 32.3 Å². The largest absolute Gasteiger partial charge is 0.444 e. The quantitative estimate of drug-likeness (QED) is 0.826. The van der Waals surface area contributed by atoms with E-state index >= 15 is 0 Å². The lowest BCUT2D eigenvalue weighted by molar-refractivity contribution is 0.00789. The van der Waals surface area contributed by atoms with Crippen molar-refractivity contribution in [3.05, 3.63) is 23.9 Å². The van der Waals surface area contributed by atoms with Crippen molar-refractivity contribution in [2.75, 3.05) is 18.8 Å². The first-order valence-corrected chi connectivity index (χ1v) is 6.05. The van der Waals surface area contributed by atoms with Crippen molar-refractivity contribution in [3.8, 4) is 0 Å². The van der Waals surface area contributed by atoms with Crippen LogP contribution in [0.3, 0.4) is 0 Å². The fourth-order valence-electron chi connectivity index (χ4n) is 1.84. The van der Waals surface area contributed by atoms with Crippen LogP contribution in [-0.2, 0) is 4.74 Å². The number of aromatic nitrogens is 1. The van der Waals surface area contributed by atoms with Gasteiger partial charge >= 0.3 is 6.09 Å². The number of nitrogens with two attached hydrogens (primary N) is 1. The smallest absolute Gasteiger partial charge is 0.410 e. The number of rotatable bonds is 1. The van der Waals surface area contributed by atoms with Gasteiger partial charge in [-0.15, -0.1) is 0 Å². The second-order valence-corrected chi connectivity index (χ2v) is 5.57. The first kappa shape index (κ1) is 12.7. The number of likely N-dealkylation sites (tertiary alicyclic amines) is 1. The molecular weight excluding hydrogens is 230 g/mol. The highest BCUT2D eigenvalue weighted by Crippen LogP contribution is 2.27. The predicted octanol–water partition coefficient (Wildman–Crippen LogP) is 2.00. The van der Waals surface area contributed by atoms with E-state index in [-0.39, 0.29) is 12.0 Å². The molecule has 0 atom stereocenters. The monoisotopic (exact) mass is 249 g/mol. The average Bonchev–Trinajstić information content (AvgIpc) is 2.11. The predicted molar refractivity (Wildman–Crippen MR) is 69.2 cm³/mol. The number of anilines is 1. The van der Waals surface area contributed by atoms with Gasteiger partial charge in [0.2, 0.25) is 0 Å². The molecule has 1 aliphatic heterocycles. The van der Waals surface area contributed by atoms with Gasteiger partial charge in [-0.25, -0.2) is 9.78 Å². The molecule has 1 amide bonds. The van der Waals surface area contributed by atoms with Crippen LogP contribution in [0.2, 0.25) is 0 Å². The summed E-state index contributed by atoms with van der Waals surface area (Å²) in [6.45, 7) is 6.88. The second-order valence-electron chi connectivity index (χ2n) is 5.57. The van der Waals surface area contributed by atoms with Crippen LogP contribution >= 0.6 is 0 Å². The van der Waals surface area contributed by atoms with Crippen molar-refractivity contribution in [2.24, 2.45) is 0 Å². The lowest BCUT2D eigenvalue weighted by Crippen LogP contribution is -2.50. The Balaban J connectivity index is 1.89. The standard InChI is InChI=1S/C13H19N3O2/c1-13(2,3)18-12(17)16-7-9(8-16)10-5-4-6-11(14)15-10/h4-6,9H,7-8H2,1-3H3,(H2,14,15). The molecule has 1 aromatic heterocycles. The summed E-state index contributed by atoms with van der Waals surface area (Å²) in [5.74, 6) is 0.782. The van der Waals surface area contributed by atoms with E-state index in [0.29, 0.717) is 18.9 Å². The maximum atomic E-state index is 11.7. The highest BCUT2D eigenvalue weighted by molar-refractivity contribution is 5.69. The van der Waals surface area contributed by atoms with Gasteiger partial charge in [0.25, 0.3) is 0 Å². The summed E-state index contributed by atoms with van der Waals surface area (Å²) >= 11 is 0. The molecule has 5 nitrogen and oxygen atoms in total. The molecular formula is C13H19N3O2. The summed E-state index contributed by atoms with van der Waals surface area (Å²) in [7, 11) is 0. The van der Waals surface area contributed by atoms with Crippen LogP contribution < -0.4 is 5.73 Å². The van der Waals surface area contributed by atoms with Gasteiger partial charge in [0.1, 0.15) is 11.4 Å². The first-order chi connectivity index (χ1) is 8.35. The van der Waals surface area contributed by atoms with Gasteiger partial charge in [0.05, 0.1) is 0 Å². The van der Waals surface area contributed by atoms with Crippen LogP contribution in [0.15, 0.2) is 18.2 Å². The third kappa shape index (κ3) is 2.91. The summed E-state index contributed by atoms with van der Waals surface area (Å²) in [5, 5.41) is 0. The van der Waals surface area contributed by atoms with Crippen molar-refractivity contribution >= 4 is 11.9 Å². The third-order valence-corrected chi connectivity index (χ3v) is 2.74. The number of ether oxygens (including phenoxy) is 1. The van der Waals surface area contributed by atoms with Gasteiger partial charge < -0.3 is 15.4 Å². The summed E-state index contributed by atoms with van der Waals surface area (Å²) in [6.07, 6.45) is -0.261. The van der Waals surface area contributed by atoms with Crippen LogP contribution in [-0.4, -0.2) is 34.7 Å². The molecule has 1 saturated heterocycles. The molecule has 0 unspecified atom stereocenters. The lowest BCUT2D eigenvalue weighted by atomic mass is 9.96. The normalized spacial score (nSPS) is 16.3. The minimum atomic E-state index is -0.447. The van der Waals surface area contributed by atoms with Crippen LogP contribution in [0, 0.1) is 0 Å². The molecule has 5 heteroatoms. The number of amides is 1. The molecule has 1 aromatic rings. The lowest BCUT2D eigenvalue weighted by Gasteiger charge is -2.39. The molecule has 2 N–H and O–H groups in total. The fraction of sp³-hybridized carbons (Fsp3) is 0.538. The van der Waals surface area contributed by atoms with Gasteiger partial charge in [-0.1, -0.05) is 6.07 Å². The van der Waals surface area contributed by atoms with Crippen LogP contribution in [0.25, 0.3) is 0 Å². The van der Waals surface area contributed by atoms with Crippen LogP contribution in [0.5, 0.6) is 0 Å². The van der Waals surface area contributed by atoms with E-state index in [2.05, 4.69) is 4.98 Å². The molecule has 2 rings (SSSR count). The van der Waals surface area contributed by atoms with E-state index in [1.165, 1.54) is 0 Å². The topological polar surface area (TPSA) is 68.5 Å². The van der Waals surface area contributed by atoms with Crippen molar-refractivity contribution in [1.29, 1.82) is 0 Å². The molecule has 0 saturated carbocycles. The zero-order valence-corrected chi connectivity index (χ0v) is 11.0. The maximum Gasteiger partial charge on any atom is 0.410 e. The Kier molecular flexibility index (Phi) is 3.15. The molecule has 18 heavy (non-hydrogen) atoms. The van der Waals surface area contributed by atoms with E-state index in [9.17, 15) is 4.79 Å². The van der Waals surface area contributed by atoms with Crippen LogP contribution in [0.4, 0.5) is 10.6 Å². The zero-order valence-electron chi connectivity index (χ0n) is 11.0. The maximum absolute atomic E-state index is 11.7. The van der Waals surface area contributed by atoms with Gasteiger partial charge in [-0.2, -0.15) is 0 Å². The van der Waals surface area contributed by atoms with Gasteiger partial charge in [0.15, 0.2) is 0 Å². The number of carbonyl (C=O) groups excluding carboxylic acids is 1. The zero-order chi connectivity index (χ0) is 13.3. The van der Waals surface area contributed by atoms with E-state index in [1.807, 2.05) is 32.9 Å². The van der Waals surface area contributed by atoms with Crippen molar-refractivity contribution in [1.82, 2.24) is 9.88 Å². The number of carbonyl (C=O) groups is 1. The number of pyridine rings is 1. The third-order valence-electron chi connectivity index (χ3n) is 2.74. The average molecular weight is 249 g/mol. The molecule has 1 aliphatic rings. The van der Waals surface area contributed by atoms with E-state index < -0.39 is 5.60 Å². The van der Waals surface area contributed by atoms with E-state index in [0.717, 1.165) is 5.69 Å². The van der Waals surface area contributed by atoms with Crippen molar-refractivity contribution < 1.29 is 9.53 Å². The Morgan fingerprint density at radius 1 is 1.44 bits per heavy atom. The number of hydrogen-bond donors (Lipinski definition) is 1. The highest BCUT2D eigenvalue weighted by Gasteiger charge is 2.35. The molecule has 0 radical (unpaired) electrons. The van der Waals surface area contributed by atoms with Gasteiger partial charge in [0, 0.05) is 24.7 Å². The number of nitrogen functional groups attached to an aromatic ring is 1. The highest BCUT2D eigenvalue weighted by atomic mass is 16.6. The number of nitrogens with zero attached hydrogens (tertiary/aromatic N) is 2. The first-order valence-electron chi connectivity index (χ1n) is 6.05. The number of hydrogen-bond acceptors (Lipinski definition) is 4.